The second kappa shape index (κ2) is 13.8. The summed E-state index contributed by atoms with van der Waals surface area (Å²) in [5.74, 6) is 0.231. The van der Waals surface area contributed by atoms with Crippen LogP contribution in [0.4, 0.5) is 5.69 Å². The van der Waals surface area contributed by atoms with Crippen LogP contribution in [0, 0.1) is 17.8 Å². The molecule has 1 N–H and O–H groups in total. The predicted octanol–water partition coefficient (Wildman–Crippen LogP) is 6.27. The highest BCUT2D eigenvalue weighted by molar-refractivity contribution is 7.92. The number of methoxy groups -OCH3 is 1. The number of fused-ring (bicyclic) bond motifs is 4. The van der Waals surface area contributed by atoms with Gasteiger partial charge in [-0.3, -0.25) is 14.3 Å². The number of amides is 2. The standard InChI is InChI=1S/C37H46ClN3O6S/c1-24-5-3-7-33(45-2)30-13-8-27(30)19-41-22-37(16-4-6-25-17-28(38)10-14-31(25)37)23-47-34-15-9-26(18-32(34)41)36(43)40-48(44,21-24)39-35(42)20-46-29-11-12-29/h3,7,9-10,14-15,17-18,24,27,29-30,33H,4-6,8,11-13,16,19-23H2,1-2H3,(H,39,40,42,43,44)/b7-3+/t24-,27-,30+,33-,37-,48?/m0/s1. The highest BCUT2D eigenvalue weighted by Crippen LogP contribution is 2.47. The van der Waals surface area contributed by atoms with Gasteiger partial charge in [-0.25, -0.2) is 4.21 Å². The number of benzene rings is 2. The zero-order valence-electron chi connectivity index (χ0n) is 27.8. The molecule has 1 unspecified atom stereocenters. The van der Waals surface area contributed by atoms with Gasteiger partial charge in [-0.05, 0) is 111 Å². The fourth-order valence-electron chi connectivity index (χ4n) is 8.00. The van der Waals surface area contributed by atoms with E-state index in [-0.39, 0.29) is 35.9 Å². The topological polar surface area (TPSA) is 107 Å². The number of anilines is 1. The molecule has 3 aliphatic carbocycles. The minimum absolute atomic E-state index is 0.0358. The van der Waals surface area contributed by atoms with E-state index in [1.807, 2.05) is 25.1 Å². The normalized spacial score (nSPS) is 32.5. The first-order valence-corrected chi connectivity index (χ1v) is 19.4. The molecule has 2 amide bonds. The summed E-state index contributed by atoms with van der Waals surface area (Å²) in [6.45, 7) is 3.78. The Morgan fingerprint density at radius 2 is 2.04 bits per heavy atom. The van der Waals surface area contributed by atoms with Crippen LogP contribution < -0.4 is 14.4 Å². The Kier molecular flexibility index (Phi) is 9.63. The van der Waals surface area contributed by atoms with E-state index in [1.165, 1.54) is 11.1 Å². The first-order valence-electron chi connectivity index (χ1n) is 17.4. The van der Waals surface area contributed by atoms with E-state index in [0.29, 0.717) is 36.2 Å². The van der Waals surface area contributed by atoms with E-state index in [9.17, 15) is 13.8 Å². The Morgan fingerprint density at radius 1 is 1.19 bits per heavy atom. The summed E-state index contributed by atoms with van der Waals surface area (Å²) in [5, 5.41) is 0.745. The Labute approximate surface area is 289 Å². The first kappa shape index (κ1) is 33.6. The van der Waals surface area contributed by atoms with Crippen molar-refractivity contribution in [1.82, 2.24) is 4.72 Å². The lowest BCUT2D eigenvalue weighted by Crippen LogP contribution is -2.49. The van der Waals surface area contributed by atoms with Crippen molar-refractivity contribution in [2.24, 2.45) is 22.1 Å². The number of halogens is 1. The molecule has 0 saturated heterocycles. The van der Waals surface area contributed by atoms with Crippen LogP contribution in [0.3, 0.4) is 0 Å². The van der Waals surface area contributed by atoms with Crippen molar-refractivity contribution in [3.8, 4) is 5.75 Å². The first-order chi connectivity index (χ1) is 23.1. The molecule has 2 fully saturated rings. The maximum absolute atomic E-state index is 14.3. The molecule has 2 aromatic carbocycles. The smallest absolute Gasteiger partial charge is 0.286 e. The summed E-state index contributed by atoms with van der Waals surface area (Å²) in [4.78, 5) is 29.1. The summed E-state index contributed by atoms with van der Waals surface area (Å²) < 4.78 is 39.3. The number of nitrogens with zero attached hydrogens (tertiary/aromatic N) is 2. The third-order valence-electron chi connectivity index (χ3n) is 10.8. The number of aryl methyl sites for hydroxylation is 1. The zero-order valence-corrected chi connectivity index (χ0v) is 29.4. The lowest BCUT2D eigenvalue weighted by molar-refractivity contribution is -0.124. The summed E-state index contributed by atoms with van der Waals surface area (Å²) >= 11 is 6.44. The van der Waals surface area contributed by atoms with Crippen LogP contribution >= 0.6 is 11.6 Å². The van der Waals surface area contributed by atoms with Crippen LogP contribution in [-0.4, -0.2) is 67.4 Å². The van der Waals surface area contributed by atoms with Crippen LogP contribution in [0.15, 0.2) is 52.9 Å². The van der Waals surface area contributed by atoms with Crippen molar-refractivity contribution in [3.63, 3.8) is 0 Å². The number of carbonyl (C=O) groups is 2. The van der Waals surface area contributed by atoms with Gasteiger partial charge in [0.15, 0.2) is 0 Å². The van der Waals surface area contributed by atoms with Gasteiger partial charge in [-0.2, -0.15) is 0 Å². The van der Waals surface area contributed by atoms with Crippen LogP contribution in [0.1, 0.15) is 73.4 Å². The average molecular weight is 696 g/mol. The maximum Gasteiger partial charge on any atom is 0.286 e. The van der Waals surface area contributed by atoms with Crippen molar-refractivity contribution in [2.75, 3.05) is 44.1 Å². The monoisotopic (exact) mass is 695 g/mol. The van der Waals surface area contributed by atoms with E-state index in [4.69, 9.17) is 25.8 Å². The quantitative estimate of drug-likeness (QED) is 0.368. The maximum atomic E-state index is 14.3. The van der Waals surface area contributed by atoms with Gasteiger partial charge in [0.2, 0.25) is 0 Å². The Bertz CT molecular complexity index is 1720. The molecule has 0 radical (unpaired) electrons. The lowest BCUT2D eigenvalue weighted by atomic mass is 9.68. The molecule has 2 bridgehead atoms. The number of hydrogen-bond acceptors (Lipinski definition) is 7. The Balaban J connectivity index is 1.28. The lowest BCUT2D eigenvalue weighted by Gasteiger charge is -2.46. The Morgan fingerprint density at radius 3 is 2.81 bits per heavy atom. The van der Waals surface area contributed by atoms with Gasteiger partial charge in [-0.1, -0.05) is 36.7 Å². The molecule has 2 aliphatic heterocycles. The molecule has 48 heavy (non-hydrogen) atoms. The summed E-state index contributed by atoms with van der Waals surface area (Å²) in [5.41, 5.74) is 3.45. The second-order valence-corrected chi connectivity index (χ2v) is 16.9. The molecule has 2 saturated carbocycles. The van der Waals surface area contributed by atoms with Crippen LogP contribution in [0.2, 0.25) is 5.02 Å². The van der Waals surface area contributed by atoms with Gasteiger partial charge < -0.3 is 19.1 Å². The van der Waals surface area contributed by atoms with Gasteiger partial charge in [0.1, 0.15) is 22.3 Å². The van der Waals surface area contributed by atoms with Crippen LogP contribution in [0.25, 0.3) is 0 Å². The van der Waals surface area contributed by atoms with Crippen molar-refractivity contribution >= 4 is 39.0 Å². The minimum atomic E-state index is -3.44. The number of allylic oxidation sites excluding steroid dienone is 1. The van der Waals surface area contributed by atoms with E-state index < -0.39 is 21.7 Å². The van der Waals surface area contributed by atoms with Crippen molar-refractivity contribution in [1.29, 1.82) is 0 Å². The van der Waals surface area contributed by atoms with Crippen molar-refractivity contribution < 1.29 is 28.0 Å². The van der Waals surface area contributed by atoms with Gasteiger partial charge in [-0.15, -0.1) is 4.36 Å². The third kappa shape index (κ3) is 7.18. The van der Waals surface area contributed by atoms with Gasteiger partial charge >= 0.3 is 0 Å². The zero-order chi connectivity index (χ0) is 33.5. The number of nitrogens with one attached hydrogen (secondary N) is 1. The highest BCUT2D eigenvalue weighted by atomic mass is 35.5. The van der Waals surface area contributed by atoms with Gasteiger partial charge in [0, 0.05) is 36.2 Å². The molecule has 9 nitrogen and oxygen atoms in total. The molecule has 2 aromatic rings. The third-order valence-corrected chi connectivity index (χ3v) is 13.0. The largest absolute Gasteiger partial charge is 0.490 e. The number of carbonyl (C=O) groups excluding carboxylic acids is 2. The molecule has 0 aromatic heterocycles. The van der Waals surface area contributed by atoms with E-state index in [0.717, 1.165) is 68.7 Å². The fourth-order valence-corrected chi connectivity index (χ4v) is 10.1. The molecule has 1 spiro atoms. The number of rotatable bonds is 5. The molecular weight excluding hydrogens is 650 g/mol. The SMILES string of the molecule is CO[C@H]1/C=C/C[C@H](C)CS(=O)(NC(=O)COC2CC2)=NC(=O)c2ccc3c(c2)N(C[C@@H]2CC[C@H]21)C[C@@]1(CCCc2cc(Cl)ccc21)CO3. The van der Waals surface area contributed by atoms with Crippen LogP contribution in [-0.2, 0) is 36.0 Å². The Hall–Kier alpha value is -2.92. The van der Waals surface area contributed by atoms with E-state index in [1.54, 1.807) is 13.2 Å². The number of ether oxygens (including phenoxy) is 3. The number of hydrogen-bond donors (Lipinski definition) is 1. The average Bonchev–Trinajstić information content (AvgIpc) is 3.88. The van der Waals surface area contributed by atoms with Crippen molar-refractivity contribution in [3.05, 3.63) is 70.3 Å². The van der Waals surface area contributed by atoms with E-state index in [2.05, 4.69) is 38.3 Å². The fraction of sp³-hybridized carbons (Fsp3) is 0.568. The molecule has 5 aliphatic rings. The summed E-state index contributed by atoms with van der Waals surface area (Å²) in [6, 6.07) is 11.6. The molecular formula is C37H46ClN3O6S. The molecule has 6 atom stereocenters. The summed E-state index contributed by atoms with van der Waals surface area (Å²) in [6.07, 6.45) is 11.9. The highest BCUT2D eigenvalue weighted by Gasteiger charge is 2.44. The van der Waals surface area contributed by atoms with E-state index >= 15 is 0 Å². The van der Waals surface area contributed by atoms with Gasteiger partial charge in [0.25, 0.3) is 11.8 Å². The van der Waals surface area contributed by atoms with Crippen molar-refractivity contribution in [2.45, 2.75) is 75.9 Å². The second-order valence-electron chi connectivity index (χ2n) is 14.5. The molecule has 7 rings (SSSR count). The predicted molar refractivity (Wildman–Crippen MR) is 187 cm³/mol. The molecule has 11 heteroatoms. The minimum Gasteiger partial charge on any atom is -0.490 e. The van der Waals surface area contributed by atoms with Crippen LogP contribution in [0.5, 0.6) is 5.75 Å². The van der Waals surface area contributed by atoms with Gasteiger partial charge in [0.05, 0.1) is 30.3 Å². The molecule has 2 heterocycles. The molecule has 258 valence electrons. The summed E-state index contributed by atoms with van der Waals surface area (Å²) in [7, 11) is -1.68.